The van der Waals surface area contributed by atoms with Gasteiger partial charge in [-0.3, -0.25) is 4.79 Å². The highest BCUT2D eigenvalue weighted by atomic mass is 19.2. The van der Waals surface area contributed by atoms with Crippen LogP contribution >= 0.6 is 0 Å². The van der Waals surface area contributed by atoms with Gasteiger partial charge in [0.2, 0.25) is 5.91 Å². The van der Waals surface area contributed by atoms with Crippen molar-refractivity contribution in [2.45, 2.75) is 6.42 Å². The van der Waals surface area contributed by atoms with E-state index in [0.29, 0.717) is 13.0 Å². The highest BCUT2D eigenvalue weighted by Gasteiger charge is 2.24. The zero-order chi connectivity index (χ0) is 12.4. The van der Waals surface area contributed by atoms with Crippen molar-refractivity contribution in [2.75, 3.05) is 18.4 Å². The molecule has 0 aromatic heterocycles. The van der Waals surface area contributed by atoms with Gasteiger partial charge < -0.3 is 10.6 Å². The number of nitrogens with one attached hydrogen (secondary N) is 2. The minimum Gasteiger partial charge on any atom is -0.323 e. The Morgan fingerprint density at radius 3 is 2.71 bits per heavy atom. The summed E-state index contributed by atoms with van der Waals surface area (Å²) in [6.45, 7) is 1.23. The van der Waals surface area contributed by atoms with Crippen molar-refractivity contribution in [3.05, 3.63) is 29.6 Å². The molecule has 2 N–H and O–H groups in total. The van der Waals surface area contributed by atoms with Crippen LogP contribution in [0.1, 0.15) is 6.42 Å². The summed E-state index contributed by atoms with van der Waals surface area (Å²) in [6, 6.07) is 1.79. The van der Waals surface area contributed by atoms with E-state index in [1.54, 1.807) is 0 Å². The Kier molecular flexibility index (Phi) is 3.33. The van der Waals surface area contributed by atoms with Gasteiger partial charge in [-0.1, -0.05) is 0 Å². The second-order valence-corrected chi connectivity index (χ2v) is 3.90. The highest BCUT2D eigenvalue weighted by molar-refractivity contribution is 5.93. The summed E-state index contributed by atoms with van der Waals surface area (Å²) in [5, 5.41) is 5.25. The van der Waals surface area contributed by atoms with E-state index in [9.17, 15) is 18.0 Å². The molecule has 1 aliphatic heterocycles. The standard InChI is InChI=1S/C11H11F3N2O/c12-7-1-2-8(10(14)9(7)13)16-11(17)6-3-4-15-5-6/h1-2,6,15H,3-5H2,(H,16,17). The number of benzene rings is 1. The van der Waals surface area contributed by atoms with Gasteiger partial charge in [-0.05, 0) is 25.1 Å². The Balaban J connectivity index is 2.13. The van der Waals surface area contributed by atoms with Gasteiger partial charge in [-0.15, -0.1) is 0 Å². The lowest BCUT2D eigenvalue weighted by molar-refractivity contribution is -0.119. The lowest BCUT2D eigenvalue weighted by Crippen LogP contribution is -2.25. The molecule has 0 bridgehead atoms. The van der Waals surface area contributed by atoms with Crippen molar-refractivity contribution in [1.82, 2.24) is 5.32 Å². The third-order valence-corrected chi connectivity index (χ3v) is 2.72. The van der Waals surface area contributed by atoms with Crippen LogP contribution in [-0.4, -0.2) is 19.0 Å². The SMILES string of the molecule is O=C(Nc1ccc(F)c(F)c1F)C1CCNC1. The van der Waals surface area contributed by atoms with Crippen molar-refractivity contribution in [3.8, 4) is 0 Å². The van der Waals surface area contributed by atoms with E-state index in [2.05, 4.69) is 10.6 Å². The minimum absolute atomic E-state index is 0.262. The molecular weight excluding hydrogens is 233 g/mol. The summed E-state index contributed by atoms with van der Waals surface area (Å²) in [4.78, 5) is 11.6. The summed E-state index contributed by atoms with van der Waals surface area (Å²) >= 11 is 0. The van der Waals surface area contributed by atoms with Gasteiger partial charge in [0.15, 0.2) is 17.5 Å². The average Bonchev–Trinajstić information content (AvgIpc) is 2.83. The second kappa shape index (κ2) is 4.75. The molecular formula is C11H11F3N2O. The maximum absolute atomic E-state index is 13.3. The molecule has 1 fully saturated rings. The largest absolute Gasteiger partial charge is 0.323 e. The van der Waals surface area contributed by atoms with Gasteiger partial charge in [0.05, 0.1) is 11.6 Å². The smallest absolute Gasteiger partial charge is 0.228 e. The normalized spacial score (nSPS) is 19.4. The van der Waals surface area contributed by atoms with Crippen LogP contribution in [0.5, 0.6) is 0 Å². The number of rotatable bonds is 2. The van der Waals surface area contributed by atoms with Crippen molar-refractivity contribution in [3.63, 3.8) is 0 Å². The highest BCUT2D eigenvalue weighted by Crippen LogP contribution is 2.21. The first-order chi connectivity index (χ1) is 8.09. The average molecular weight is 244 g/mol. The molecule has 1 unspecified atom stereocenters. The molecule has 1 aromatic carbocycles. The topological polar surface area (TPSA) is 41.1 Å². The molecule has 2 rings (SSSR count). The first kappa shape index (κ1) is 11.9. The molecule has 1 aromatic rings. The molecule has 92 valence electrons. The summed E-state index contributed by atoms with van der Waals surface area (Å²) in [7, 11) is 0. The van der Waals surface area contributed by atoms with Crippen LogP contribution in [0.2, 0.25) is 0 Å². The molecule has 1 saturated heterocycles. The second-order valence-electron chi connectivity index (χ2n) is 3.90. The first-order valence-electron chi connectivity index (χ1n) is 5.24. The number of hydrogen-bond donors (Lipinski definition) is 2. The fourth-order valence-electron chi connectivity index (χ4n) is 1.74. The quantitative estimate of drug-likeness (QED) is 0.777. The zero-order valence-electron chi connectivity index (χ0n) is 8.90. The lowest BCUT2D eigenvalue weighted by atomic mass is 10.1. The van der Waals surface area contributed by atoms with Crippen LogP contribution in [0.15, 0.2) is 12.1 Å². The number of amides is 1. The van der Waals surface area contributed by atoms with E-state index < -0.39 is 17.5 Å². The number of anilines is 1. The molecule has 17 heavy (non-hydrogen) atoms. The van der Waals surface area contributed by atoms with Gasteiger partial charge in [0.25, 0.3) is 0 Å². The van der Waals surface area contributed by atoms with Gasteiger partial charge in [-0.25, -0.2) is 13.2 Å². The van der Waals surface area contributed by atoms with E-state index in [-0.39, 0.29) is 17.5 Å². The van der Waals surface area contributed by atoms with E-state index in [4.69, 9.17) is 0 Å². The third-order valence-electron chi connectivity index (χ3n) is 2.72. The molecule has 0 spiro atoms. The Labute approximate surface area is 96.0 Å². The molecule has 3 nitrogen and oxygen atoms in total. The number of carbonyl (C=O) groups excluding carboxylic acids is 1. The number of carbonyl (C=O) groups is 1. The Bertz CT molecular complexity index is 445. The van der Waals surface area contributed by atoms with Crippen LogP contribution in [0.25, 0.3) is 0 Å². The molecule has 1 heterocycles. The van der Waals surface area contributed by atoms with Crippen LogP contribution in [0.4, 0.5) is 18.9 Å². The minimum atomic E-state index is -1.58. The fourth-order valence-corrected chi connectivity index (χ4v) is 1.74. The van der Waals surface area contributed by atoms with E-state index in [0.717, 1.165) is 18.7 Å². The van der Waals surface area contributed by atoms with Gasteiger partial charge in [-0.2, -0.15) is 0 Å². The zero-order valence-corrected chi connectivity index (χ0v) is 8.90. The number of hydrogen-bond acceptors (Lipinski definition) is 2. The fraction of sp³-hybridized carbons (Fsp3) is 0.364. The molecule has 1 amide bonds. The maximum Gasteiger partial charge on any atom is 0.228 e. The molecule has 1 atom stereocenters. The third kappa shape index (κ3) is 2.41. The van der Waals surface area contributed by atoms with E-state index in [1.807, 2.05) is 0 Å². The van der Waals surface area contributed by atoms with Crippen molar-refractivity contribution in [2.24, 2.45) is 5.92 Å². The summed E-state index contributed by atoms with van der Waals surface area (Å²) < 4.78 is 38.8. The molecule has 0 saturated carbocycles. The van der Waals surface area contributed by atoms with E-state index in [1.165, 1.54) is 0 Å². The van der Waals surface area contributed by atoms with Crippen LogP contribution in [0.3, 0.4) is 0 Å². The summed E-state index contributed by atoms with van der Waals surface area (Å²) in [5.41, 5.74) is -0.333. The first-order valence-corrected chi connectivity index (χ1v) is 5.24. The van der Waals surface area contributed by atoms with Crippen molar-refractivity contribution >= 4 is 11.6 Å². The maximum atomic E-state index is 13.3. The van der Waals surface area contributed by atoms with Crippen LogP contribution in [0, 0.1) is 23.4 Å². The van der Waals surface area contributed by atoms with Crippen LogP contribution < -0.4 is 10.6 Å². The number of halogens is 3. The summed E-state index contributed by atoms with van der Waals surface area (Å²) in [5.74, 6) is -4.87. The van der Waals surface area contributed by atoms with Gasteiger partial charge in [0, 0.05) is 6.54 Å². The Morgan fingerprint density at radius 1 is 1.29 bits per heavy atom. The summed E-state index contributed by atoms with van der Waals surface area (Å²) in [6.07, 6.45) is 0.650. The van der Waals surface area contributed by atoms with Crippen molar-refractivity contribution < 1.29 is 18.0 Å². The Hall–Kier alpha value is -1.56. The van der Waals surface area contributed by atoms with Gasteiger partial charge >= 0.3 is 0 Å². The lowest BCUT2D eigenvalue weighted by Gasteiger charge is -2.10. The predicted octanol–water partition coefficient (Wildman–Crippen LogP) is 1.65. The van der Waals surface area contributed by atoms with Gasteiger partial charge in [0.1, 0.15) is 0 Å². The van der Waals surface area contributed by atoms with E-state index >= 15 is 0 Å². The monoisotopic (exact) mass is 244 g/mol. The predicted molar refractivity (Wildman–Crippen MR) is 55.9 cm³/mol. The molecule has 6 heteroatoms. The molecule has 0 aliphatic carbocycles. The van der Waals surface area contributed by atoms with Crippen LogP contribution in [-0.2, 0) is 4.79 Å². The van der Waals surface area contributed by atoms with Crippen molar-refractivity contribution in [1.29, 1.82) is 0 Å². The molecule has 0 radical (unpaired) electrons. The Morgan fingerprint density at radius 2 is 2.06 bits per heavy atom. The molecule has 1 aliphatic rings.